The van der Waals surface area contributed by atoms with Gasteiger partial charge in [-0.1, -0.05) is 60.7 Å². The normalized spacial score (nSPS) is 24.3. The molecule has 4 aliphatic rings. The summed E-state index contributed by atoms with van der Waals surface area (Å²) >= 11 is 0. The predicted octanol–water partition coefficient (Wildman–Crippen LogP) is 6.79. The Balaban J connectivity index is 1.42. The van der Waals surface area contributed by atoms with Gasteiger partial charge in [-0.15, -0.1) is 0 Å². The molecule has 37 heavy (non-hydrogen) atoms. The Morgan fingerprint density at radius 3 is 2.27 bits per heavy atom. The second kappa shape index (κ2) is 6.92. The third kappa shape index (κ3) is 2.54. The Bertz CT molecular complexity index is 1690. The number of para-hydroxylation sites is 3. The SMILES string of the molecule is CC1(C)OB(C2=CC3=C(CC2)c2ccccc2C32c3ccccc3-n3c2nc2ccccc23)OC1(C)C. The Hall–Kier alpha value is -3.41. The first-order chi connectivity index (χ1) is 17.8. The number of benzene rings is 3. The van der Waals surface area contributed by atoms with Crippen molar-refractivity contribution in [3.63, 3.8) is 0 Å². The Morgan fingerprint density at radius 1 is 0.784 bits per heavy atom. The highest BCUT2D eigenvalue weighted by molar-refractivity contribution is 6.54. The van der Waals surface area contributed by atoms with Crippen LogP contribution in [0.25, 0.3) is 22.3 Å². The van der Waals surface area contributed by atoms with Crippen LogP contribution in [0.4, 0.5) is 0 Å². The van der Waals surface area contributed by atoms with E-state index in [4.69, 9.17) is 14.3 Å². The summed E-state index contributed by atoms with van der Waals surface area (Å²) in [5, 5.41) is 0. The van der Waals surface area contributed by atoms with Crippen LogP contribution in [0, 0.1) is 0 Å². The summed E-state index contributed by atoms with van der Waals surface area (Å²) in [6, 6.07) is 26.3. The van der Waals surface area contributed by atoms with Crippen LogP contribution in [-0.2, 0) is 14.7 Å². The van der Waals surface area contributed by atoms with Crippen molar-refractivity contribution in [3.8, 4) is 5.69 Å². The summed E-state index contributed by atoms with van der Waals surface area (Å²) in [7, 11) is -0.338. The molecule has 8 rings (SSSR count). The number of nitrogens with zero attached hydrogens (tertiary/aromatic N) is 2. The summed E-state index contributed by atoms with van der Waals surface area (Å²) in [5.41, 5.74) is 10.1. The lowest BCUT2D eigenvalue weighted by Gasteiger charge is -2.32. The van der Waals surface area contributed by atoms with Gasteiger partial charge in [0.2, 0.25) is 0 Å². The lowest BCUT2D eigenvalue weighted by molar-refractivity contribution is 0.00578. The number of aromatic nitrogens is 2. The van der Waals surface area contributed by atoms with Crippen molar-refractivity contribution < 1.29 is 9.31 Å². The molecular formula is C32H29BN2O2. The molecule has 0 N–H and O–H groups in total. The maximum absolute atomic E-state index is 6.53. The molecule has 4 aromatic rings. The van der Waals surface area contributed by atoms with Crippen molar-refractivity contribution in [3.05, 3.63) is 112 Å². The highest BCUT2D eigenvalue weighted by atomic mass is 16.7. The Labute approximate surface area is 217 Å². The zero-order valence-corrected chi connectivity index (χ0v) is 21.7. The molecule has 0 amide bonds. The highest BCUT2D eigenvalue weighted by Gasteiger charge is 2.57. The fraction of sp³-hybridized carbons (Fsp3) is 0.281. The van der Waals surface area contributed by atoms with Crippen LogP contribution >= 0.6 is 0 Å². The minimum atomic E-state index is -0.461. The number of rotatable bonds is 1. The van der Waals surface area contributed by atoms with Gasteiger partial charge in [0.05, 0.1) is 27.9 Å². The first-order valence-corrected chi connectivity index (χ1v) is 13.3. The van der Waals surface area contributed by atoms with E-state index in [0.717, 1.165) is 29.7 Å². The molecule has 2 aliphatic carbocycles. The summed E-state index contributed by atoms with van der Waals surface area (Å²) in [5.74, 6) is 1.08. The standard InChI is InChI=1S/C32H29BN2O2/c1-30(2)31(3,4)37-33(36-30)20-17-18-22-21-11-5-6-12-23(21)32(25(22)19-20)24-13-7-9-15-27(24)35-28-16-10-8-14-26(28)34-29(32)35/h5-16,19H,17-18H2,1-4H3. The fourth-order valence-corrected chi connectivity index (χ4v) is 6.92. The number of hydrogen-bond acceptors (Lipinski definition) is 3. The summed E-state index contributed by atoms with van der Waals surface area (Å²) < 4.78 is 15.4. The number of allylic oxidation sites excluding steroid dienone is 4. The molecular weight excluding hydrogens is 455 g/mol. The summed E-state index contributed by atoms with van der Waals surface area (Å²) in [6.45, 7) is 8.51. The van der Waals surface area contributed by atoms with Crippen LogP contribution in [0.15, 0.2) is 89.9 Å². The molecule has 1 fully saturated rings. The van der Waals surface area contributed by atoms with Crippen molar-refractivity contribution in [2.75, 3.05) is 0 Å². The van der Waals surface area contributed by atoms with Crippen molar-refractivity contribution in [1.29, 1.82) is 0 Å². The van der Waals surface area contributed by atoms with E-state index < -0.39 is 5.41 Å². The molecule has 0 saturated carbocycles. The second-order valence-electron chi connectivity index (χ2n) is 11.8. The highest BCUT2D eigenvalue weighted by Crippen LogP contribution is 2.61. The molecule has 5 heteroatoms. The molecule has 182 valence electrons. The molecule has 0 radical (unpaired) electrons. The molecule has 1 unspecified atom stereocenters. The topological polar surface area (TPSA) is 36.3 Å². The van der Waals surface area contributed by atoms with Gasteiger partial charge in [-0.2, -0.15) is 0 Å². The molecule has 1 spiro atoms. The maximum Gasteiger partial charge on any atom is 0.490 e. The van der Waals surface area contributed by atoms with Crippen LogP contribution in [0.2, 0.25) is 0 Å². The predicted molar refractivity (Wildman–Crippen MR) is 148 cm³/mol. The number of hydrogen-bond donors (Lipinski definition) is 0. The third-order valence-corrected chi connectivity index (χ3v) is 9.38. The Morgan fingerprint density at radius 2 is 1.46 bits per heavy atom. The first kappa shape index (κ1) is 21.7. The second-order valence-corrected chi connectivity index (χ2v) is 11.8. The van der Waals surface area contributed by atoms with E-state index in [1.165, 1.54) is 39.0 Å². The van der Waals surface area contributed by atoms with Crippen LogP contribution < -0.4 is 0 Å². The molecule has 1 atom stereocenters. The number of fused-ring (bicyclic) bond motifs is 11. The quantitative estimate of drug-likeness (QED) is 0.279. The van der Waals surface area contributed by atoms with Gasteiger partial charge in [0, 0.05) is 0 Å². The average Bonchev–Trinajstić information content (AvgIpc) is 3.56. The molecule has 3 heterocycles. The smallest absolute Gasteiger partial charge is 0.400 e. The van der Waals surface area contributed by atoms with E-state index in [2.05, 4.69) is 111 Å². The first-order valence-electron chi connectivity index (χ1n) is 13.3. The van der Waals surface area contributed by atoms with Crippen LogP contribution in [-0.4, -0.2) is 27.9 Å². The lowest BCUT2D eigenvalue weighted by Crippen LogP contribution is -2.41. The zero-order chi connectivity index (χ0) is 25.2. The van der Waals surface area contributed by atoms with Crippen LogP contribution in [0.5, 0.6) is 0 Å². The van der Waals surface area contributed by atoms with Crippen molar-refractivity contribution >= 4 is 23.7 Å². The molecule has 3 aromatic carbocycles. The van der Waals surface area contributed by atoms with E-state index >= 15 is 0 Å². The maximum atomic E-state index is 6.53. The molecule has 0 bridgehead atoms. The molecule has 2 aliphatic heterocycles. The van der Waals surface area contributed by atoms with Gasteiger partial charge in [-0.25, -0.2) is 4.98 Å². The van der Waals surface area contributed by atoms with E-state index in [0.29, 0.717) is 0 Å². The lowest BCUT2D eigenvalue weighted by atomic mass is 9.66. The van der Waals surface area contributed by atoms with Crippen molar-refractivity contribution in [1.82, 2.24) is 9.55 Å². The third-order valence-electron chi connectivity index (χ3n) is 9.38. The van der Waals surface area contributed by atoms with Crippen LogP contribution in [0.1, 0.15) is 63.1 Å². The van der Waals surface area contributed by atoms with Gasteiger partial charge in [0.15, 0.2) is 0 Å². The van der Waals surface area contributed by atoms with E-state index in [9.17, 15) is 0 Å². The zero-order valence-electron chi connectivity index (χ0n) is 21.7. The van der Waals surface area contributed by atoms with Gasteiger partial charge < -0.3 is 9.31 Å². The largest absolute Gasteiger partial charge is 0.490 e. The minimum absolute atomic E-state index is 0.338. The summed E-state index contributed by atoms with van der Waals surface area (Å²) in [4.78, 5) is 5.34. The minimum Gasteiger partial charge on any atom is -0.400 e. The average molecular weight is 484 g/mol. The van der Waals surface area contributed by atoms with Crippen molar-refractivity contribution in [2.45, 2.75) is 57.2 Å². The summed E-state index contributed by atoms with van der Waals surface area (Å²) in [6.07, 6.45) is 4.29. The van der Waals surface area contributed by atoms with E-state index in [1.54, 1.807) is 0 Å². The van der Waals surface area contributed by atoms with Crippen LogP contribution in [0.3, 0.4) is 0 Å². The van der Waals surface area contributed by atoms with Gasteiger partial charge in [-0.05, 0) is 92.0 Å². The van der Waals surface area contributed by atoms with Crippen molar-refractivity contribution in [2.24, 2.45) is 0 Å². The van der Waals surface area contributed by atoms with Gasteiger partial charge in [0.25, 0.3) is 0 Å². The molecule has 4 nitrogen and oxygen atoms in total. The van der Waals surface area contributed by atoms with Gasteiger partial charge in [-0.3, -0.25) is 4.57 Å². The van der Waals surface area contributed by atoms with E-state index in [-0.39, 0.29) is 18.3 Å². The monoisotopic (exact) mass is 484 g/mol. The van der Waals surface area contributed by atoms with Gasteiger partial charge in [0.1, 0.15) is 11.2 Å². The fourth-order valence-electron chi connectivity index (χ4n) is 6.92. The molecule has 1 saturated heterocycles. The Kier molecular flexibility index (Phi) is 4.05. The van der Waals surface area contributed by atoms with Gasteiger partial charge >= 0.3 is 7.12 Å². The van der Waals surface area contributed by atoms with E-state index in [1.807, 2.05) is 0 Å². The number of imidazole rings is 1. The molecule has 1 aromatic heterocycles.